The van der Waals surface area contributed by atoms with Crippen LogP contribution in [-0.2, 0) is 16.2 Å². The van der Waals surface area contributed by atoms with Gasteiger partial charge in [0.25, 0.3) is 0 Å². The minimum Gasteiger partial charge on any atom is -0.507 e. The fourth-order valence-electron chi connectivity index (χ4n) is 5.35. The maximum Gasteiger partial charge on any atom is 0.149 e. The zero-order chi connectivity index (χ0) is 29.9. The topological polar surface area (TPSA) is 38.0 Å². The van der Waals surface area contributed by atoms with E-state index >= 15 is 0 Å². The lowest BCUT2D eigenvalue weighted by molar-refractivity contribution is 0.446. The molecule has 0 aliphatic heterocycles. The molecule has 0 bridgehead atoms. The highest BCUT2D eigenvalue weighted by molar-refractivity contribution is 9.10. The number of halogens is 1. The molecule has 0 saturated heterocycles. The maximum absolute atomic E-state index is 11.9. The van der Waals surface area contributed by atoms with Gasteiger partial charge in [-0.3, -0.25) is 4.57 Å². The van der Waals surface area contributed by atoms with Crippen molar-refractivity contribution in [3.8, 4) is 34.0 Å². The van der Waals surface area contributed by atoms with Crippen molar-refractivity contribution in [3.63, 3.8) is 0 Å². The molecule has 1 heterocycles. The van der Waals surface area contributed by atoms with Gasteiger partial charge in [0, 0.05) is 15.6 Å². The molecule has 0 unspecified atom stereocenters. The third-order valence-corrected chi connectivity index (χ3v) is 8.49. The number of phenolic OH excluding ortho intramolecular Hbond substituents is 1. The Labute approximate surface area is 253 Å². The van der Waals surface area contributed by atoms with Crippen LogP contribution in [0.4, 0.5) is 0 Å². The average Bonchev–Trinajstić information content (AvgIpc) is 3.27. The Morgan fingerprint density at radius 3 is 1.90 bits per heavy atom. The number of hydrogen-bond acceptors (Lipinski definition) is 2. The number of fused-ring (bicyclic) bond motifs is 1. The molecule has 0 aliphatic rings. The summed E-state index contributed by atoms with van der Waals surface area (Å²) in [7, 11) is 0. The molecule has 41 heavy (non-hydrogen) atoms. The Morgan fingerprint density at radius 2 is 1.29 bits per heavy atom. The lowest BCUT2D eigenvalue weighted by Crippen LogP contribution is -2.17. The van der Waals surface area contributed by atoms with Gasteiger partial charge in [-0.25, -0.2) is 4.98 Å². The number of nitrogens with zero attached hydrogens (tertiary/aromatic N) is 2. The van der Waals surface area contributed by atoms with E-state index in [4.69, 9.17) is 4.98 Å². The Morgan fingerprint density at radius 1 is 0.659 bits per heavy atom. The van der Waals surface area contributed by atoms with Gasteiger partial charge in [-0.2, -0.15) is 0 Å². The summed E-state index contributed by atoms with van der Waals surface area (Å²) in [6, 6.07) is 27.8. The van der Waals surface area contributed by atoms with E-state index in [0.29, 0.717) is 0 Å². The van der Waals surface area contributed by atoms with Crippen LogP contribution in [0.25, 0.3) is 39.2 Å². The molecule has 5 aromatic rings. The minimum absolute atomic E-state index is 0.00809. The largest absolute Gasteiger partial charge is 0.507 e. The molecule has 1 N–H and O–H groups in total. The summed E-state index contributed by atoms with van der Waals surface area (Å²) in [4.78, 5) is 5.23. The Balaban J connectivity index is 1.94. The predicted octanol–water partition coefficient (Wildman–Crippen LogP) is 10.7. The summed E-state index contributed by atoms with van der Waals surface area (Å²) in [5.41, 5.74) is 8.86. The monoisotopic (exact) mass is 608 g/mol. The molecule has 212 valence electrons. The summed E-state index contributed by atoms with van der Waals surface area (Å²) in [6.45, 7) is 19.8. The van der Waals surface area contributed by atoms with Crippen molar-refractivity contribution in [2.45, 2.75) is 78.6 Å². The summed E-state index contributed by atoms with van der Waals surface area (Å²) in [5.74, 6) is 1.01. The summed E-state index contributed by atoms with van der Waals surface area (Å²) >= 11 is 3.76. The van der Waals surface area contributed by atoms with Gasteiger partial charge in [0.2, 0.25) is 0 Å². The van der Waals surface area contributed by atoms with Crippen LogP contribution >= 0.6 is 15.9 Å². The van der Waals surface area contributed by atoms with Crippen molar-refractivity contribution in [1.82, 2.24) is 9.55 Å². The molecule has 4 aromatic carbocycles. The number of benzene rings is 4. The number of rotatable bonds is 3. The second-order valence-electron chi connectivity index (χ2n) is 14.1. The molecule has 5 rings (SSSR count). The molecule has 4 heteroatoms. The number of aromatic hydroxyl groups is 1. The molecule has 0 spiro atoms. The van der Waals surface area contributed by atoms with Crippen molar-refractivity contribution >= 4 is 27.0 Å². The molecule has 3 nitrogen and oxygen atoms in total. The number of hydrogen-bond donors (Lipinski definition) is 1. The van der Waals surface area contributed by atoms with Crippen molar-refractivity contribution in [2.75, 3.05) is 0 Å². The Hall–Kier alpha value is -3.37. The first-order valence-corrected chi connectivity index (χ1v) is 15.1. The predicted molar refractivity (Wildman–Crippen MR) is 177 cm³/mol. The molecule has 0 aliphatic carbocycles. The normalized spacial score (nSPS) is 12.7. The summed E-state index contributed by atoms with van der Waals surface area (Å²) < 4.78 is 3.15. The summed E-state index contributed by atoms with van der Waals surface area (Å²) in [6.07, 6.45) is 0. The average molecular weight is 610 g/mol. The van der Waals surface area contributed by atoms with Crippen LogP contribution in [0.2, 0.25) is 0 Å². The van der Waals surface area contributed by atoms with Gasteiger partial charge in [0.15, 0.2) is 0 Å². The number of para-hydroxylation sites is 1. The van der Waals surface area contributed by atoms with E-state index < -0.39 is 0 Å². The number of aromatic nitrogens is 2. The molecular weight excluding hydrogens is 568 g/mol. The van der Waals surface area contributed by atoms with E-state index in [1.165, 1.54) is 11.1 Å². The quantitative estimate of drug-likeness (QED) is 0.221. The first-order chi connectivity index (χ1) is 19.1. The van der Waals surface area contributed by atoms with Gasteiger partial charge >= 0.3 is 0 Å². The van der Waals surface area contributed by atoms with Gasteiger partial charge in [-0.05, 0) is 79.2 Å². The maximum atomic E-state index is 11.9. The second-order valence-corrected chi connectivity index (χ2v) is 15.0. The highest BCUT2D eigenvalue weighted by atomic mass is 79.9. The molecule has 0 atom stereocenters. The van der Waals surface area contributed by atoms with Crippen LogP contribution < -0.4 is 0 Å². The van der Waals surface area contributed by atoms with Crippen LogP contribution in [0.15, 0.2) is 83.3 Å². The molecule has 0 amide bonds. The van der Waals surface area contributed by atoms with Crippen LogP contribution in [0.3, 0.4) is 0 Å². The van der Waals surface area contributed by atoms with Crippen molar-refractivity contribution in [3.05, 3.63) is 100 Å². The summed E-state index contributed by atoms with van der Waals surface area (Å²) in [5, 5.41) is 11.9. The fourth-order valence-corrected chi connectivity index (χ4v) is 5.79. The third-order valence-electron chi connectivity index (χ3n) is 7.85. The fraction of sp³-hybridized carbons (Fsp3) is 0.324. The molecule has 0 fully saturated rings. The van der Waals surface area contributed by atoms with E-state index in [1.54, 1.807) is 0 Å². The van der Waals surface area contributed by atoms with E-state index in [1.807, 2.05) is 12.1 Å². The lowest BCUT2D eigenvalue weighted by Gasteiger charge is -2.28. The van der Waals surface area contributed by atoms with Gasteiger partial charge < -0.3 is 5.11 Å². The van der Waals surface area contributed by atoms with Gasteiger partial charge in [0.05, 0.1) is 16.8 Å². The Bertz CT molecular complexity index is 1740. The smallest absolute Gasteiger partial charge is 0.149 e. The van der Waals surface area contributed by atoms with Crippen molar-refractivity contribution in [1.29, 1.82) is 0 Å². The van der Waals surface area contributed by atoms with E-state index in [2.05, 4.69) is 150 Å². The molecule has 1 aromatic heterocycles. The van der Waals surface area contributed by atoms with Crippen LogP contribution in [0.1, 0.15) is 79.0 Å². The first kappa shape index (κ1) is 29.1. The van der Waals surface area contributed by atoms with Gasteiger partial charge in [-0.15, -0.1) is 0 Å². The van der Waals surface area contributed by atoms with E-state index in [9.17, 15) is 5.11 Å². The zero-order valence-electron chi connectivity index (χ0n) is 25.7. The lowest BCUT2D eigenvalue weighted by atomic mass is 9.79. The highest BCUT2D eigenvalue weighted by Gasteiger charge is 2.29. The van der Waals surface area contributed by atoms with Crippen molar-refractivity contribution in [2.24, 2.45) is 0 Å². The number of phenols is 1. The molecule has 0 saturated carbocycles. The standard InChI is InChI=1S/C37H41BrN2O/c1-35(2,3)24-18-19-30(26(20-24)23-14-11-10-12-15-23)40-31-17-13-16-29(38)32(31)39-34(40)27-21-25(36(4,5)6)22-28(33(27)41)37(7,8)9/h10-22,41H,1-9H3. The van der Waals surface area contributed by atoms with Gasteiger partial charge in [0.1, 0.15) is 17.1 Å². The van der Waals surface area contributed by atoms with Crippen LogP contribution in [0, 0.1) is 0 Å². The van der Waals surface area contributed by atoms with Gasteiger partial charge in [-0.1, -0.05) is 111 Å². The minimum atomic E-state index is -0.249. The Kier molecular flexibility index (Phi) is 7.22. The third kappa shape index (κ3) is 5.47. The second kappa shape index (κ2) is 10.2. The highest BCUT2D eigenvalue weighted by Crippen LogP contribution is 2.45. The zero-order valence-corrected chi connectivity index (χ0v) is 27.3. The van der Waals surface area contributed by atoms with E-state index in [-0.39, 0.29) is 22.0 Å². The molecule has 0 radical (unpaired) electrons. The first-order valence-electron chi connectivity index (χ1n) is 14.3. The SMILES string of the molecule is CC(C)(C)c1ccc(-n2c(-c3cc(C(C)(C)C)cc(C(C)(C)C)c3O)nc3c(Br)cccc32)c(-c2ccccc2)c1. The van der Waals surface area contributed by atoms with Crippen LogP contribution in [-0.4, -0.2) is 14.7 Å². The molecular formula is C37H41BrN2O. The van der Waals surface area contributed by atoms with E-state index in [0.717, 1.165) is 49.3 Å². The van der Waals surface area contributed by atoms with Crippen molar-refractivity contribution < 1.29 is 5.11 Å². The van der Waals surface area contributed by atoms with Crippen LogP contribution in [0.5, 0.6) is 5.75 Å². The number of imidazole rings is 1.